The van der Waals surface area contributed by atoms with Gasteiger partial charge in [-0.3, -0.25) is 0 Å². The van der Waals surface area contributed by atoms with Gasteiger partial charge >= 0.3 is 0 Å². The molecule has 2 nitrogen and oxygen atoms in total. The summed E-state index contributed by atoms with van der Waals surface area (Å²) < 4.78 is 19.0. The van der Waals surface area contributed by atoms with Crippen molar-refractivity contribution in [1.82, 2.24) is 0 Å². The van der Waals surface area contributed by atoms with Gasteiger partial charge in [-0.2, -0.15) is 0 Å². The van der Waals surface area contributed by atoms with Gasteiger partial charge in [0.25, 0.3) is 0 Å². The lowest BCUT2D eigenvalue weighted by molar-refractivity contribution is -0.0194. The van der Waals surface area contributed by atoms with Crippen LogP contribution in [0.1, 0.15) is 30.6 Å². The zero-order chi connectivity index (χ0) is 11.7. The molecule has 0 bridgehead atoms. The predicted molar refractivity (Wildman–Crippen MR) is 59.6 cm³/mol. The standard InChI is InChI=1S/C13H17FO2/c1-8-3-4-11(14)10(7-8)12(15)13-9(2)5-6-16-13/h3-4,7,9,12-13,15H,5-6H2,1-2H3. The summed E-state index contributed by atoms with van der Waals surface area (Å²) in [5.41, 5.74) is 1.29. The Morgan fingerprint density at radius 1 is 1.50 bits per heavy atom. The molecule has 1 aromatic rings. The lowest BCUT2D eigenvalue weighted by atomic mass is 9.94. The van der Waals surface area contributed by atoms with E-state index in [0.717, 1.165) is 12.0 Å². The van der Waals surface area contributed by atoms with Crippen LogP contribution in [0.15, 0.2) is 18.2 Å². The van der Waals surface area contributed by atoms with Gasteiger partial charge in [0.05, 0.1) is 6.10 Å². The largest absolute Gasteiger partial charge is 0.386 e. The van der Waals surface area contributed by atoms with Gasteiger partial charge in [0.1, 0.15) is 11.9 Å². The smallest absolute Gasteiger partial charge is 0.129 e. The van der Waals surface area contributed by atoms with Crippen LogP contribution in [0.4, 0.5) is 4.39 Å². The molecular formula is C13H17FO2. The van der Waals surface area contributed by atoms with Crippen molar-refractivity contribution in [2.45, 2.75) is 32.5 Å². The van der Waals surface area contributed by atoms with Crippen molar-refractivity contribution in [2.75, 3.05) is 6.61 Å². The first kappa shape index (κ1) is 11.6. The minimum Gasteiger partial charge on any atom is -0.386 e. The number of halogens is 1. The molecule has 0 aromatic heterocycles. The second-order valence-electron chi connectivity index (χ2n) is 4.57. The van der Waals surface area contributed by atoms with Crippen molar-refractivity contribution in [3.8, 4) is 0 Å². The van der Waals surface area contributed by atoms with Crippen LogP contribution in [-0.2, 0) is 4.74 Å². The van der Waals surface area contributed by atoms with E-state index in [2.05, 4.69) is 0 Å². The molecule has 1 aliphatic rings. The third-order valence-corrected chi connectivity index (χ3v) is 3.23. The monoisotopic (exact) mass is 224 g/mol. The molecule has 1 N–H and O–H groups in total. The van der Waals surface area contributed by atoms with Crippen LogP contribution in [-0.4, -0.2) is 17.8 Å². The minimum atomic E-state index is -0.864. The molecule has 16 heavy (non-hydrogen) atoms. The Morgan fingerprint density at radius 3 is 2.88 bits per heavy atom. The van der Waals surface area contributed by atoms with Crippen molar-refractivity contribution in [1.29, 1.82) is 0 Å². The average Bonchev–Trinajstić information content (AvgIpc) is 2.67. The molecule has 1 fully saturated rings. The van der Waals surface area contributed by atoms with Gasteiger partial charge < -0.3 is 9.84 Å². The van der Waals surface area contributed by atoms with Crippen molar-refractivity contribution >= 4 is 0 Å². The molecule has 0 saturated carbocycles. The summed E-state index contributed by atoms with van der Waals surface area (Å²) in [5, 5.41) is 10.1. The van der Waals surface area contributed by atoms with Gasteiger partial charge in [-0.1, -0.05) is 24.6 Å². The highest BCUT2D eigenvalue weighted by Gasteiger charge is 2.33. The Balaban J connectivity index is 2.25. The molecule has 3 unspecified atom stereocenters. The Morgan fingerprint density at radius 2 is 2.25 bits per heavy atom. The van der Waals surface area contributed by atoms with Crippen molar-refractivity contribution in [3.63, 3.8) is 0 Å². The maximum atomic E-state index is 13.6. The molecule has 88 valence electrons. The fraction of sp³-hybridized carbons (Fsp3) is 0.538. The van der Waals surface area contributed by atoms with Crippen LogP contribution in [0.25, 0.3) is 0 Å². The number of rotatable bonds is 2. The number of hydrogen-bond donors (Lipinski definition) is 1. The quantitative estimate of drug-likeness (QED) is 0.836. The molecule has 3 heteroatoms. The molecule has 0 spiro atoms. The van der Waals surface area contributed by atoms with Crippen LogP contribution in [0.2, 0.25) is 0 Å². The van der Waals surface area contributed by atoms with Crippen molar-refractivity contribution in [3.05, 3.63) is 35.1 Å². The van der Waals surface area contributed by atoms with E-state index in [1.54, 1.807) is 12.1 Å². The fourth-order valence-corrected chi connectivity index (χ4v) is 2.19. The minimum absolute atomic E-state index is 0.273. The Labute approximate surface area is 95.1 Å². The molecule has 0 amide bonds. The van der Waals surface area contributed by atoms with Gasteiger partial charge in [0.2, 0.25) is 0 Å². The molecular weight excluding hydrogens is 207 g/mol. The molecule has 2 rings (SSSR count). The summed E-state index contributed by atoms with van der Waals surface area (Å²) >= 11 is 0. The zero-order valence-electron chi connectivity index (χ0n) is 9.61. The average molecular weight is 224 g/mol. The molecule has 1 aromatic carbocycles. The van der Waals surface area contributed by atoms with Crippen LogP contribution in [0.3, 0.4) is 0 Å². The van der Waals surface area contributed by atoms with Gasteiger partial charge in [-0.25, -0.2) is 4.39 Å². The zero-order valence-corrected chi connectivity index (χ0v) is 9.61. The second-order valence-corrected chi connectivity index (χ2v) is 4.57. The summed E-state index contributed by atoms with van der Waals surface area (Å²) in [6, 6.07) is 4.78. The summed E-state index contributed by atoms with van der Waals surface area (Å²) in [6.07, 6.45) is -0.219. The Hall–Kier alpha value is -0.930. The number of hydrogen-bond acceptors (Lipinski definition) is 2. The number of benzene rings is 1. The van der Waals surface area contributed by atoms with E-state index in [4.69, 9.17) is 4.74 Å². The van der Waals surface area contributed by atoms with Crippen molar-refractivity contribution < 1.29 is 14.2 Å². The normalized spacial score (nSPS) is 27.0. The molecule has 0 radical (unpaired) electrons. The van der Waals surface area contributed by atoms with E-state index in [9.17, 15) is 9.50 Å². The molecule has 3 atom stereocenters. The topological polar surface area (TPSA) is 29.5 Å². The van der Waals surface area contributed by atoms with E-state index < -0.39 is 6.10 Å². The van der Waals surface area contributed by atoms with E-state index >= 15 is 0 Å². The van der Waals surface area contributed by atoms with Crippen LogP contribution in [0, 0.1) is 18.7 Å². The second kappa shape index (κ2) is 4.52. The van der Waals surface area contributed by atoms with Crippen LogP contribution >= 0.6 is 0 Å². The lowest BCUT2D eigenvalue weighted by Gasteiger charge is -2.22. The number of ether oxygens (including phenoxy) is 1. The molecule has 1 aliphatic heterocycles. The number of aryl methyl sites for hydroxylation is 1. The maximum Gasteiger partial charge on any atom is 0.129 e. The van der Waals surface area contributed by atoms with Gasteiger partial charge in [-0.15, -0.1) is 0 Å². The molecule has 1 saturated heterocycles. The third kappa shape index (κ3) is 2.11. The number of aliphatic hydroxyl groups excluding tert-OH is 1. The van der Waals surface area contributed by atoms with E-state index in [1.807, 2.05) is 13.8 Å². The lowest BCUT2D eigenvalue weighted by Crippen LogP contribution is -2.23. The first-order valence-corrected chi connectivity index (χ1v) is 5.65. The van der Waals surface area contributed by atoms with Crippen molar-refractivity contribution in [2.24, 2.45) is 5.92 Å². The van der Waals surface area contributed by atoms with Gasteiger partial charge in [-0.05, 0) is 25.3 Å². The molecule has 1 heterocycles. The highest BCUT2D eigenvalue weighted by molar-refractivity contribution is 5.26. The summed E-state index contributed by atoms with van der Waals surface area (Å²) in [5.74, 6) is -0.0873. The Bertz CT molecular complexity index is 378. The third-order valence-electron chi connectivity index (χ3n) is 3.23. The summed E-state index contributed by atoms with van der Waals surface area (Å²) in [4.78, 5) is 0. The summed E-state index contributed by atoms with van der Waals surface area (Å²) in [6.45, 7) is 4.56. The Kier molecular flexibility index (Phi) is 3.26. The highest BCUT2D eigenvalue weighted by Crippen LogP contribution is 2.32. The SMILES string of the molecule is Cc1ccc(F)c(C(O)C2OCCC2C)c1. The molecule has 0 aliphatic carbocycles. The van der Waals surface area contributed by atoms with E-state index in [-0.39, 0.29) is 17.8 Å². The summed E-state index contributed by atoms with van der Waals surface area (Å²) in [7, 11) is 0. The maximum absolute atomic E-state index is 13.6. The van der Waals surface area contributed by atoms with Gasteiger partial charge in [0.15, 0.2) is 0 Å². The number of aliphatic hydroxyl groups is 1. The van der Waals surface area contributed by atoms with E-state index in [0.29, 0.717) is 12.2 Å². The first-order valence-electron chi connectivity index (χ1n) is 5.65. The fourth-order valence-electron chi connectivity index (χ4n) is 2.19. The van der Waals surface area contributed by atoms with Crippen LogP contribution in [0.5, 0.6) is 0 Å². The van der Waals surface area contributed by atoms with Crippen LogP contribution < -0.4 is 0 Å². The van der Waals surface area contributed by atoms with Gasteiger partial charge in [0, 0.05) is 12.2 Å². The first-order chi connectivity index (χ1) is 7.59. The predicted octanol–water partition coefficient (Wildman–Crippen LogP) is 2.59. The van der Waals surface area contributed by atoms with E-state index in [1.165, 1.54) is 6.07 Å². The highest BCUT2D eigenvalue weighted by atomic mass is 19.1.